The zero-order valence-electron chi connectivity index (χ0n) is 46.3. The molecule has 0 aliphatic carbocycles. The van der Waals surface area contributed by atoms with Crippen LogP contribution < -0.4 is 15.1 Å². The Bertz CT molecular complexity index is 2070. The zero-order chi connectivity index (χ0) is 55.5. The minimum Gasteiger partial charge on any atom is -0.459 e. The second-order valence-electron chi connectivity index (χ2n) is 22.8. The van der Waals surface area contributed by atoms with E-state index in [9.17, 15) is 39.9 Å². The first-order valence-corrected chi connectivity index (χ1v) is 26.8. The number of morpholine rings is 1. The molecular formula is C53H88FN5O16. The van der Waals surface area contributed by atoms with Gasteiger partial charge in [-0.15, -0.1) is 0 Å². The van der Waals surface area contributed by atoms with Crippen LogP contribution in [-0.4, -0.2) is 223 Å². The van der Waals surface area contributed by atoms with Crippen molar-refractivity contribution in [1.29, 1.82) is 0 Å². The lowest BCUT2D eigenvalue weighted by Gasteiger charge is -2.49. The standard InChI is InChI=1S/C53H88FN5O16/c1-14-40-53(10,67)45(62)33(6)56(11)26-29(2)23-51(8,66)47(31(4)44(32(5)48(64)73-40)74-42-24-52(9,68-13)46(63)34(7)71-42)75-49-43(61)39(21-30(3)70-49)57(12)28-41(60)55-25-36-27-59(50(65)72-36)35-15-16-38(37(54)22-35)58-17-19-69-20-18-58/h15-16,22,29-34,36,39-40,42-47,49,61-63,66-67H,14,17-21,23-28H2,1-13H3,(H,55,60)/t29-,30-,31+,32-,33-,34+,36+,39?,40-,42+,43-,44+,45-,46+,47-,49+,51-,52-,53-/m1/s1. The van der Waals surface area contributed by atoms with Crippen molar-refractivity contribution >= 4 is 29.3 Å². The van der Waals surface area contributed by atoms with Gasteiger partial charge in [-0.2, -0.15) is 0 Å². The number of carbonyl (C=O) groups excluding carboxylic acids is 3. The number of halogens is 1. The zero-order valence-corrected chi connectivity index (χ0v) is 46.3. The Labute approximate surface area is 442 Å². The lowest BCUT2D eigenvalue weighted by Crippen LogP contribution is -2.61. The van der Waals surface area contributed by atoms with Crippen molar-refractivity contribution in [3.8, 4) is 0 Å². The fraction of sp³-hybridized carbons (Fsp3) is 0.830. The number of amides is 2. The van der Waals surface area contributed by atoms with Crippen LogP contribution in [0.15, 0.2) is 18.2 Å². The van der Waals surface area contributed by atoms with E-state index in [0.717, 1.165) is 0 Å². The molecule has 19 atom stereocenters. The minimum atomic E-state index is -1.87. The number of benzene rings is 1. The number of nitrogens with zero attached hydrogens (tertiary/aromatic N) is 4. The molecule has 5 saturated heterocycles. The van der Waals surface area contributed by atoms with Gasteiger partial charge in [0.1, 0.15) is 41.9 Å². The lowest BCUT2D eigenvalue weighted by atomic mass is 9.77. The summed E-state index contributed by atoms with van der Waals surface area (Å²) in [6.07, 6.45) is -11.7. The van der Waals surface area contributed by atoms with E-state index in [2.05, 4.69) is 5.32 Å². The number of carbonyl (C=O) groups is 3. The third-order valence-corrected chi connectivity index (χ3v) is 16.5. The van der Waals surface area contributed by atoms with E-state index in [0.29, 0.717) is 50.6 Å². The summed E-state index contributed by atoms with van der Waals surface area (Å²) in [5.41, 5.74) is -3.94. The fourth-order valence-corrected chi connectivity index (χ4v) is 11.9. The number of esters is 1. The average Bonchev–Trinajstić information content (AvgIpc) is 3.74. The van der Waals surface area contributed by atoms with Crippen molar-refractivity contribution in [3.63, 3.8) is 0 Å². The number of nitrogens with one attached hydrogen (secondary N) is 1. The van der Waals surface area contributed by atoms with Gasteiger partial charge in [0.05, 0.1) is 85.8 Å². The molecule has 1 unspecified atom stereocenters. The van der Waals surface area contributed by atoms with Crippen LogP contribution in [0.1, 0.15) is 94.9 Å². The maximum atomic E-state index is 15.3. The van der Waals surface area contributed by atoms with Crippen LogP contribution in [0.25, 0.3) is 0 Å². The van der Waals surface area contributed by atoms with Gasteiger partial charge in [-0.05, 0) is 106 Å². The Morgan fingerprint density at radius 1 is 0.947 bits per heavy atom. The highest BCUT2D eigenvalue weighted by molar-refractivity contribution is 5.90. The van der Waals surface area contributed by atoms with Gasteiger partial charge in [0.25, 0.3) is 0 Å². The van der Waals surface area contributed by atoms with E-state index in [4.69, 9.17) is 37.9 Å². The molecule has 428 valence electrons. The molecule has 1 aromatic carbocycles. The van der Waals surface area contributed by atoms with E-state index < -0.39 is 132 Å². The van der Waals surface area contributed by atoms with Crippen molar-refractivity contribution in [1.82, 2.24) is 15.1 Å². The summed E-state index contributed by atoms with van der Waals surface area (Å²) >= 11 is 0. The number of anilines is 2. The Hall–Kier alpha value is -3.36. The smallest absolute Gasteiger partial charge is 0.414 e. The van der Waals surface area contributed by atoms with E-state index >= 15 is 4.39 Å². The summed E-state index contributed by atoms with van der Waals surface area (Å²) in [6, 6.07) is 3.28. The van der Waals surface area contributed by atoms with E-state index in [1.165, 1.54) is 25.0 Å². The number of hydrogen-bond acceptors (Lipinski definition) is 19. The Morgan fingerprint density at radius 3 is 2.27 bits per heavy atom. The molecule has 22 heteroatoms. The number of rotatable bonds is 13. The number of cyclic esters (lactones) is 2. The Balaban J connectivity index is 1.21. The van der Waals surface area contributed by atoms with Gasteiger partial charge in [0.2, 0.25) is 5.91 Å². The van der Waals surface area contributed by atoms with Crippen LogP contribution in [0, 0.1) is 23.6 Å². The minimum absolute atomic E-state index is 0.0200. The third kappa shape index (κ3) is 14.1. The first kappa shape index (κ1) is 60.9. The van der Waals surface area contributed by atoms with Crippen molar-refractivity contribution in [3.05, 3.63) is 24.0 Å². The summed E-state index contributed by atoms with van der Waals surface area (Å²) in [4.78, 5) is 47.7. The second-order valence-corrected chi connectivity index (χ2v) is 22.8. The SMILES string of the molecule is CC[C@H]1OC(=O)[C@H](C)[C@@H](O[C@H]2C[C@@](C)(OC)[C@@H](O)[C@H](C)O2)[C@H](C)[C@@H](O[C@@H]2O[C@H](C)CC(N(C)CC(=O)NC[C@H]3CN(c4ccc(N5CCOCC5)c(F)c4)C(=O)O3)[C@H]2O)[C@](C)(O)C[C@@H](C)CN(C)[C@H](C)[C@@H](O)[C@]1(C)O. The molecule has 6 rings (SSSR count). The van der Waals surface area contributed by atoms with Crippen LogP contribution in [-0.2, 0) is 47.5 Å². The first-order chi connectivity index (χ1) is 35.1. The highest BCUT2D eigenvalue weighted by atomic mass is 19.1. The summed E-state index contributed by atoms with van der Waals surface area (Å²) in [5, 5.41) is 62.4. The highest BCUT2D eigenvalue weighted by Gasteiger charge is 2.53. The number of likely N-dealkylation sites (N-methyl/N-ethyl adjacent to an activating group) is 2. The van der Waals surface area contributed by atoms with Crippen molar-refractivity contribution < 1.29 is 82.2 Å². The molecule has 1 aromatic rings. The largest absolute Gasteiger partial charge is 0.459 e. The number of aliphatic hydroxyl groups excluding tert-OH is 3. The number of ether oxygens (including phenoxy) is 8. The second kappa shape index (κ2) is 25.2. The van der Waals surface area contributed by atoms with Crippen LogP contribution in [0.4, 0.5) is 20.6 Å². The molecule has 75 heavy (non-hydrogen) atoms. The van der Waals surface area contributed by atoms with Gasteiger partial charge < -0.3 is 78.5 Å². The molecule has 0 radical (unpaired) electrons. The van der Waals surface area contributed by atoms with E-state index in [-0.39, 0.29) is 44.8 Å². The van der Waals surface area contributed by atoms with Crippen LogP contribution in [0.5, 0.6) is 0 Å². The van der Waals surface area contributed by atoms with Gasteiger partial charge in [0, 0.05) is 51.2 Å². The highest BCUT2D eigenvalue weighted by Crippen LogP contribution is 2.40. The molecule has 5 fully saturated rings. The van der Waals surface area contributed by atoms with Crippen LogP contribution in [0.3, 0.4) is 0 Å². The van der Waals surface area contributed by atoms with Gasteiger partial charge in [0.15, 0.2) is 12.6 Å². The summed E-state index contributed by atoms with van der Waals surface area (Å²) in [7, 11) is 4.96. The molecule has 0 saturated carbocycles. The van der Waals surface area contributed by atoms with Gasteiger partial charge >= 0.3 is 12.1 Å². The number of methoxy groups -OCH3 is 1. The van der Waals surface area contributed by atoms with Crippen LogP contribution >= 0.6 is 0 Å². The predicted octanol–water partition coefficient (Wildman–Crippen LogP) is 2.39. The molecule has 6 N–H and O–H groups in total. The Kier molecular flexibility index (Phi) is 20.4. The van der Waals surface area contributed by atoms with Crippen molar-refractivity contribution in [2.75, 3.05) is 83.5 Å². The fourth-order valence-electron chi connectivity index (χ4n) is 11.9. The molecule has 5 aliphatic heterocycles. The van der Waals surface area contributed by atoms with E-state index in [1.54, 1.807) is 79.6 Å². The predicted molar refractivity (Wildman–Crippen MR) is 273 cm³/mol. The number of hydrogen-bond donors (Lipinski definition) is 6. The van der Waals surface area contributed by atoms with Crippen molar-refractivity contribution in [2.45, 2.75) is 191 Å². The molecule has 0 bridgehead atoms. The van der Waals surface area contributed by atoms with Gasteiger partial charge in [-0.1, -0.05) is 20.8 Å². The van der Waals surface area contributed by atoms with Gasteiger partial charge in [-0.25, -0.2) is 9.18 Å². The quantitative estimate of drug-likeness (QED) is 0.155. The van der Waals surface area contributed by atoms with E-state index in [1.807, 2.05) is 23.6 Å². The molecular weight excluding hydrogens is 982 g/mol. The average molecular weight is 1070 g/mol. The monoisotopic (exact) mass is 1070 g/mol. The number of aliphatic hydroxyl groups is 5. The van der Waals surface area contributed by atoms with Gasteiger partial charge in [-0.3, -0.25) is 19.4 Å². The maximum absolute atomic E-state index is 15.3. The topological polar surface area (TPSA) is 251 Å². The summed E-state index contributed by atoms with van der Waals surface area (Å²) in [5.74, 6) is -3.92. The molecule has 0 spiro atoms. The molecule has 5 aliphatic rings. The molecule has 21 nitrogen and oxygen atoms in total. The van der Waals surface area contributed by atoms with Crippen molar-refractivity contribution in [2.24, 2.45) is 17.8 Å². The summed E-state index contributed by atoms with van der Waals surface area (Å²) < 4.78 is 64.2. The Morgan fingerprint density at radius 2 is 1.63 bits per heavy atom. The van der Waals surface area contributed by atoms with Crippen LogP contribution in [0.2, 0.25) is 0 Å². The summed E-state index contributed by atoms with van der Waals surface area (Å²) in [6.45, 7) is 19.4. The first-order valence-electron chi connectivity index (χ1n) is 26.8. The third-order valence-electron chi connectivity index (χ3n) is 16.5. The molecule has 2 amide bonds. The maximum Gasteiger partial charge on any atom is 0.414 e. The molecule has 0 aromatic heterocycles. The molecule has 5 heterocycles. The lowest BCUT2D eigenvalue weighted by molar-refractivity contribution is -0.318. The normalized spacial score (nSPS) is 41.2.